The molecule has 0 rings (SSSR count). The number of hydrogen-bond donors (Lipinski definition) is 6. The van der Waals surface area contributed by atoms with Gasteiger partial charge in [0.05, 0.1) is 0 Å². The van der Waals surface area contributed by atoms with Gasteiger partial charge in [-0.05, 0) is 32.1 Å². The molecule has 0 aliphatic heterocycles. The lowest BCUT2D eigenvalue weighted by Gasteiger charge is -2.21. The first kappa shape index (κ1) is 34.3. The molecule has 0 bridgehead atoms. The normalized spacial score (nSPS) is 13.4. The van der Waals surface area contributed by atoms with Gasteiger partial charge in [-0.2, -0.15) is 0 Å². The molecule has 3 unspecified atom stereocenters. The second kappa shape index (κ2) is 21.4. The quantitative estimate of drug-likeness (QED) is 0.102. The van der Waals surface area contributed by atoms with Crippen LogP contribution in [0.4, 0.5) is 0 Å². The van der Waals surface area contributed by atoms with Crippen LogP contribution >= 0.6 is 0 Å². The van der Waals surface area contributed by atoms with Crippen molar-refractivity contribution in [2.45, 2.75) is 134 Å². The van der Waals surface area contributed by atoms with Crippen molar-refractivity contribution in [3.8, 4) is 0 Å². The van der Waals surface area contributed by atoms with Gasteiger partial charge in [-0.15, -0.1) is 0 Å². The lowest BCUT2D eigenvalue weighted by Crippen LogP contribution is -2.51. The SMILES string of the molecule is CCCCCCCCCCCCCC(=O)NC(CCC(=O)O)C(=O)NC(CCCC(N)C(=O)O)C(=O)O. The molecule has 0 fully saturated rings. The summed E-state index contributed by atoms with van der Waals surface area (Å²) >= 11 is 0. The average Bonchev–Trinajstić information content (AvgIpc) is 2.83. The van der Waals surface area contributed by atoms with E-state index < -0.39 is 41.9 Å². The zero-order chi connectivity index (χ0) is 28.1. The van der Waals surface area contributed by atoms with E-state index in [2.05, 4.69) is 17.6 Å². The van der Waals surface area contributed by atoms with E-state index in [9.17, 15) is 29.1 Å². The fourth-order valence-corrected chi connectivity index (χ4v) is 3.95. The Morgan fingerprint density at radius 2 is 1.16 bits per heavy atom. The minimum Gasteiger partial charge on any atom is -0.481 e. The number of carbonyl (C=O) groups excluding carboxylic acids is 2. The Kier molecular flexibility index (Phi) is 19.8. The molecule has 0 heterocycles. The summed E-state index contributed by atoms with van der Waals surface area (Å²) in [6.45, 7) is 2.20. The number of nitrogens with one attached hydrogen (secondary N) is 2. The molecule has 0 aromatic rings. The summed E-state index contributed by atoms with van der Waals surface area (Å²) in [5.74, 6) is -4.84. The summed E-state index contributed by atoms with van der Waals surface area (Å²) in [4.78, 5) is 58.4. The number of aliphatic carboxylic acids is 3. The van der Waals surface area contributed by atoms with Crippen molar-refractivity contribution >= 4 is 29.7 Å². The molecule has 11 nitrogen and oxygen atoms in total. The van der Waals surface area contributed by atoms with E-state index in [4.69, 9.17) is 15.9 Å². The number of unbranched alkanes of at least 4 members (excludes halogenated alkanes) is 10. The fraction of sp³-hybridized carbons (Fsp3) is 0.808. The first-order valence-electron chi connectivity index (χ1n) is 13.6. The second-order valence-corrected chi connectivity index (χ2v) is 9.61. The minimum absolute atomic E-state index is 0.0348. The lowest BCUT2D eigenvalue weighted by atomic mass is 10.0. The molecule has 2 amide bonds. The van der Waals surface area contributed by atoms with Gasteiger partial charge in [0.25, 0.3) is 0 Å². The molecule has 7 N–H and O–H groups in total. The molecule has 11 heteroatoms. The first-order valence-corrected chi connectivity index (χ1v) is 13.6. The predicted molar refractivity (Wildman–Crippen MR) is 139 cm³/mol. The third-order valence-electron chi connectivity index (χ3n) is 6.25. The van der Waals surface area contributed by atoms with Gasteiger partial charge in [-0.3, -0.25) is 19.2 Å². The van der Waals surface area contributed by atoms with E-state index >= 15 is 0 Å². The Balaban J connectivity index is 4.50. The lowest BCUT2D eigenvalue weighted by molar-refractivity contribution is -0.143. The Hall–Kier alpha value is -2.69. The molecule has 0 spiro atoms. The Morgan fingerprint density at radius 3 is 1.65 bits per heavy atom. The van der Waals surface area contributed by atoms with E-state index in [0.717, 1.165) is 19.3 Å². The molecule has 0 saturated heterocycles. The van der Waals surface area contributed by atoms with Crippen molar-refractivity contribution in [3.63, 3.8) is 0 Å². The molecule has 3 atom stereocenters. The van der Waals surface area contributed by atoms with Gasteiger partial charge in [0, 0.05) is 12.8 Å². The van der Waals surface area contributed by atoms with Crippen LogP contribution in [-0.4, -0.2) is 63.2 Å². The van der Waals surface area contributed by atoms with Crippen LogP contribution < -0.4 is 16.4 Å². The number of nitrogens with two attached hydrogens (primary N) is 1. The van der Waals surface area contributed by atoms with Crippen molar-refractivity contribution in [2.24, 2.45) is 5.73 Å². The van der Waals surface area contributed by atoms with Crippen molar-refractivity contribution < 1.29 is 39.3 Å². The zero-order valence-corrected chi connectivity index (χ0v) is 22.2. The van der Waals surface area contributed by atoms with Crippen LogP contribution in [0.25, 0.3) is 0 Å². The van der Waals surface area contributed by atoms with Crippen LogP contribution in [0.5, 0.6) is 0 Å². The molecule has 37 heavy (non-hydrogen) atoms. The molecule has 0 aromatic heterocycles. The van der Waals surface area contributed by atoms with E-state index in [0.29, 0.717) is 6.42 Å². The van der Waals surface area contributed by atoms with Crippen LogP contribution in [-0.2, 0) is 24.0 Å². The van der Waals surface area contributed by atoms with Gasteiger partial charge in [-0.25, -0.2) is 4.79 Å². The number of carboxylic acid groups (broad SMARTS) is 3. The zero-order valence-electron chi connectivity index (χ0n) is 22.2. The summed E-state index contributed by atoms with van der Waals surface area (Å²) in [6, 6.07) is -3.63. The number of hydrogen-bond acceptors (Lipinski definition) is 6. The molecule has 0 radical (unpaired) electrons. The molecule has 214 valence electrons. The first-order chi connectivity index (χ1) is 17.6. The van der Waals surface area contributed by atoms with Gasteiger partial charge < -0.3 is 31.7 Å². The van der Waals surface area contributed by atoms with Gasteiger partial charge >= 0.3 is 17.9 Å². The highest BCUT2D eigenvalue weighted by atomic mass is 16.4. The summed E-state index contributed by atoms with van der Waals surface area (Å²) in [6.07, 6.45) is 12.3. The number of carbonyl (C=O) groups is 5. The van der Waals surface area contributed by atoms with E-state index in [1.165, 1.54) is 44.9 Å². The fourth-order valence-electron chi connectivity index (χ4n) is 3.95. The maximum absolute atomic E-state index is 12.7. The number of carboxylic acids is 3. The summed E-state index contributed by atoms with van der Waals surface area (Å²) in [5.41, 5.74) is 5.41. The summed E-state index contributed by atoms with van der Waals surface area (Å²) in [5, 5.41) is 32.1. The predicted octanol–water partition coefficient (Wildman–Crippen LogP) is 3.19. The van der Waals surface area contributed by atoms with Crippen LogP contribution in [0.1, 0.15) is 116 Å². The van der Waals surface area contributed by atoms with Crippen molar-refractivity contribution in [3.05, 3.63) is 0 Å². The van der Waals surface area contributed by atoms with E-state index in [1.54, 1.807) is 0 Å². The monoisotopic (exact) mass is 529 g/mol. The van der Waals surface area contributed by atoms with E-state index in [1.807, 2.05) is 0 Å². The van der Waals surface area contributed by atoms with Crippen molar-refractivity contribution in [2.75, 3.05) is 0 Å². The van der Waals surface area contributed by atoms with E-state index in [-0.39, 0.29) is 44.4 Å². The highest BCUT2D eigenvalue weighted by Gasteiger charge is 2.27. The van der Waals surface area contributed by atoms with Crippen molar-refractivity contribution in [1.82, 2.24) is 10.6 Å². The Morgan fingerprint density at radius 1 is 0.622 bits per heavy atom. The molecular weight excluding hydrogens is 482 g/mol. The smallest absolute Gasteiger partial charge is 0.326 e. The van der Waals surface area contributed by atoms with Gasteiger partial charge in [0.2, 0.25) is 11.8 Å². The molecule has 0 aromatic carbocycles. The maximum Gasteiger partial charge on any atom is 0.326 e. The Bertz CT molecular complexity index is 701. The third kappa shape index (κ3) is 19.1. The average molecular weight is 530 g/mol. The van der Waals surface area contributed by atoms with Gasteiger partial charge in [0.15, 0.2) is 0 Å². The number of amides is 2. The van der Waals surface area contributed by atoms with Gasteiger partial charge in [-0.1, -0.05) is 71.1 Å². The highest BCUT2D eigenvalue weighted by molar-refractivity contribution is 5.90. The van der Waals surface area contributed by atoms with Crippen LogP contribution in [0.15, 0.2) is 0 Å². The second-order valence-electron chi connectivity index (χ2n) is 9.61. The minimum atomic E-state index is -1.32. The third-order valence-corrected chi connectivity index (χ3v) is 6.25. The number of rotatable bonds is 24. The summed E-state index contributed by atoms with van der Waals surface area (Å²) < 4.78 is 0. The topological polar surface area (TPSA) is 196 Å². The molecule has 0 aliphatic carbocycles. The van der Waals surface area contributed by atoms with Crippen LogP contribution in [0, 0.1) is 0 Å². The van der Waals surface area contributed by atoms with Crippen LogP contribution in [0.3, 0.4) is 0 Å². The maximum atomic E-state index is 12.7. The van der Waals surface area contributed by atoms with Crippen LogP contribution in [0.2, 0.25) is 0 Å². The molecular formula is C26H47N3O8. The summed E-state index contributed by atoms with van der Waals surface area (Å²) in [7, 11) is 0. The molecule has 0 aliphatic rings. The molecule has 0 saturated carbocycles. The van der Waals surface area contributed by atoms with Crippen molar-refractivity contribution in [1.29, 1.82) is 0 Å². The van der Waals surface area contributed by atoms with Gasteiger partial charge in [0.1, 0.15) is 18.1 Å². The largest absolute Gasteiger partial charge is 0.481 e. The standard InChI is InChI=1S/C26H47N3O8/c1-2-3-4-5-6-7-8-9-10-11-12-16-22(30)28-20(17-18-23(31)32)24(33)29-21(26(36)37)15-13-14-19(27)25(34)35/h19-21H,2-18,27H2,1H3,(H,28,30)(H,29,33)(H,31,32)(H,34,35)(H,36,37). The Labute approximate surface area is 219 Å². The highest BCUT2D eigenvalue weighted by Crippen LogP contribution is 2.12.